The largest absolute Gasteiger partial charge is 0.398 e. The summed E-state index contributed by atoms with van der Waals surface area (Å²) in [5.41, 5.74) is 1.03. The lowest BCUT2D eigenvalue weighted by molar-refractivity contribution is -0.115. The van der Waals surface area contributed by atoms with Gasteiger partial charge in [0.05, 0.1) is 17.9 Å². The van der Waals surface area contributed by atoms with Crippen molar-refractivity contribution >= 4 is 23.4 Å². The van der Waals surface area contributed by atoms with Crippen LogP contribution in [-0.4, -0.2) is 17.8 Å². The van der Waals surface area contributed by atoms with E-state index in [2.05, 4.69) is 5.32 Å². The first-order valence-corrected chi connectivity index (χ1v) is 8.06. The van der Waals surface area contributed by atoms with Gasteiger partial charge in [-0.05, 0) is 30.2 Å². The molecule has 0 radical (unpaired) electrons. The third-order valence-corrected chi connectivity index (χ3v) is 4.36. The first kappa shape index (κ1) is 18.3. The number of hydrogen-bond donors (Lipinski definition) is 1. The molecule has 24 heavy (non-hydrogen) atoms. The Bertz CT molecular complexity index is 717. The Morgan fingerprint density at radius 2 is 1.83 bits per heavy atom. The maximum absolute atomic E-state index is 14.0. The Hall–Kier alpha value is -2.02. The zero-order chi connectivity index (χ0) is 17.7. The number of thioether (sulfide) groups is 1. The number of halogens is 4. The molecule has 1 N–H and O–H groups in total. The van der Waals surface area contributed by atoms with Crippen LogP contribution in [0.1, 0.15) is 11.1 Å². The minimum atomic E-state index is -4.32. The number of carbonyl (C=O) groups is 1. The van der Waals surface area contributed by atoms with Gasteiger partial charge in [-0.3, -0.25) is 4.79 Å². The molecule has 7 heteroatoms. The smallest absolute Gasteiger partial charge is 0.323 e. The molecule has 128 valence electrons. The van der Waals surface area contributed by atoms with Gasteiger partial charge in [-0.15, -0.1) is 11.8 Å². The molecule has 0 aliphatic heterocycles. The van der Waals surface area contributed by atoms with E-state index in [1.807, 2.05) is 6.07 Å². The molecule has 0 unspecified atom stereocenters. The lowest BCUT2D eigenvalue weighted by Gasteiger charge is -2.12. The molecule has 2 nitrogen and oxygen atoms in total. The van der Waals surface area contributed by atoms with Crippen LogP contribution in [0.15, 0.2) is 47.4 Å². The molecular weight excluding hydrogens is 342 g/mol. The minimum absolute atomic E-state index is 0.0547. The van der Waals surface area contributed by atoms with Gasteiger partial charge in [-0.25, -0.2) is 4.39 Å². The average molecular weight is 357 g/mol. The van der Waals surface area contributed by atoms with Crippen LogP contribution in [0.25, 0.3) is 0 Å². The minimum Gasteiger partial charge on any atom is -0.323 e. The summed E-state index contributed by atoms with van der Waals surface area (Å²) >= 11 is 0.565. The summed E-state index contributed by atoms with van der Waals surface area (Å²) in [4.78, 5) is 12.3. The fourth-order valence-electron chi connectivity index (χ4n) is 2.04. The molecule has 0 aliphatic carbocycles. The standard InChI is InChI=1S/C17H15F4NOS/c1-11-7-13(18)14(9-15(11)24-10-17(19,20)21)22-16(23)8-12-5-3-2-4-6-12/h2-7,9H,8,10H2,1H3,(H,22,23). The number of carbonyl (C=O) groups excluding carboxylic acids is 1. The maximum atomic E-state index is 14.0. The topological polar surface area (TPSA) is 29.1 Å². The second-order valence-corrected chi connectivity index (χ2v) is 6.23. The molecule has 0 saturated carbocycles. The molecular formula is C17H15F4NOS. The van der Waals surface area contributed by atoms with Crippen molar-refractivity contribution in [1.29, 1.82) is 0 Å². The van der Waals surface area contributed by atoms with E-state index in [1.54, 1.807) is 24.3 Å². The molecule has 2 aromatic rings. The fourth-order valence-corrected chi connectivity index (χ4v) is 2.85. The van der Waals surface area contributed by atoms with Crippen LogP contribution in [-0.2, 0) is 11.2 Å². The van der Waals surface area contributed by atoms with Crippen molar-refractivity contribution in [3.63, 3.8) is 0 Å². The van der Waals surface area contributed by atoms with E-state index in [-0.39, 0.29) is 17.0 Å². The van der Waals surface area contributed by atoms with Gasteiger partial charge in [-0.1, -0.05) is 30.3 Å². The monoisotopic (exact) mass is 357 g/mol. The first-order valence-electron chi connectivity index (χ1n) is 7.08. The van der Waals surface area contributed by atoms with E-state index in [9.17, 15) is 22.4 Å². The molecule has 0 aliphatic rings. The quantitative estimate of drug-likeness (QED) is 0.605. The predicted molar refractivity (Wildman–Crippen MR) is 86.7 cm³/mol. The van der Waals surface area contributed by atoms with Crippen LogP contribution in [0.4, 0.5) is 23.2 Å². The van der Waals surface area contributed by atoms with Gasteiger partial charge in [0, 0.05) is 4.90 Å². The Morgan fingerprint density at radius 1 is 1.17 bits per heavy atom. The lowest BCUT2D eigenvalue weighted by atomic mass is 10.1. The number of alkyl halides is 3. The van der Waals surface area contributed by atoms with Crippen LogP contribution < -0.4 is 5.32 Å². The highest BCUT2D eigenvalue weighted by molar-refractivity contribution is 7.99. The third kappa shape index (κ3) is 5.56. The number of hydrogen-bond acceptors (Lipinski definition) is 2. The van der Waals surface area contributed by atoms with E-state index in [1.165, 1.54) is 13.0 Å². The van der Waals surface area contributed by atoms with Gasteiger partial charge in [0.25, 0.3) is 0 Å². The van der Waals surface area contributed by atoms with Crippen molar-refractivity contribution in [2.24, 2.45) is 0 Å². The SMILES string of the molecule is Cc1cc(F)c(NC(=O)Cc2ccccc2)cc1SCC(F)(F)F. The second kappa shape index (κ2) is 7.70. The number of amides is 1. The van der Waals surface area contributed by atoms with E-state index in [0.717, 1.165) is 11.6 Å². The molecule has 0 saturated heterocycles. The Kier molecular flexibility index (Phi) is 5.88. The number of anilines is 1. The molecule has 0 aromatic heterocycles. The van der Waals surface area contributed by atoms with Crippen LogP contribution in [0, 0.1) is 12.7 Å². The van der Waals surface area contributed by atoms with E-state index in [4.69, 9.17) is 0 Å². The number of benzene rings is 2. The Labute approximate surface area is 141 Å². The first-order chi connectivity index (χ1) is 11.2. The third-order valence-electron chi connectivity index (χ3n) is 3.14. The van der Waals surface area contributed by atoms with Crippen molar-refractivity contribution in [1.82, 2.24) is 0 Å². The molecule has 1 amide bonds. The Morgan fingerprint density at radius 3 is 2.46 bits per heavy atom. The summed E-state index contributed by atoms with van der Waals surface area (Å²) in [5.74, 6) is -2.18. The normalized spacial score (nSPS) is 11.4. The lowest BCUT2D eigenvalue weighted by Crippen LogP contribution is -2.16. The van der Waals surface area contributed by atoms with Crippen molar-refractivity contribution in [3.05, 3.63) is 59.4 Å². The van der Waals surface area contributed by atoms with Crippen molar-refractivity contribution < 1.29 is 22.4 Å². The average Bonchev–Trinajstić information content (AvgIpc) is 2.49. The second-order valence-electron chi connectivity index (χ2n) is 5.21. The number of aryl methyl sites for hydroxylation is 1. The maximum Gasteiger partial charge on any atom is 0.398 e. The molecule has 2 aromatic carbocycles. The van der Waals surface area contributed by atoms with Crippen LogP contribution >= 0.6 is 11.8 Å². The van der Waals surface area contributed by atoms with Crippen LogP contribution in [0.3, 0.4) is 0 Å². The summed E-state index contributed by atoms with van der Waals surface area (Å²) in [7, 11) is 0. The van der Waals surface area contributed by atoms with Gasteiger partial charge >= 0.3 is 6.18 Å². The van der Waals surface area contributed by atoms with E-state index in [0.29, 0.717) is 17.3 Å². The summed E-state index contributed by atoms with van der Waals surface area (Å²) in [6, 6.07) is 11.2. The van der Waals surface area contributed by atoms with Gasteiger partial charge < -0.3 is 5.32 Å². The summed E-state index contributed by atoms with van der Waals surface area (Å²) in [6.45, 7) is 1.53. The zero-order valence-electron chi connectivity index (χ0n) is 12.8. The fraction of sp³-hybridized carbons (Fsp3) is 0.235. The highest BCUT2D eigenvalue weighted by Gasteiger charge is 2.27. The molecule has 0 fully saturated rings. The highest BCUT2D eigenvalue weighted by Crippen LogP contribution is 2.32. The van der Waals surface area contributed by atoms with E-state index >= 15 is 0 Å². The molecule has 0 atom stereocenters. The van der Waals surface area contributed by atoms with Crippen molar-refractivity contribution in [2.45, 2.75) is 24.4 Å². The molecule has 0 bridgehead atoms. The van der Waals surface area contributed by atoms with Gasteiger partial charge in [0.15, 0.2) is 0 Å². The summed E-state index contributed by atoms with van der Waals surface area (Å²) < 4.78 is 51.0. The van der Waals surface area contributed by atoms with Crippen molar-refractivity contribution in [2.75, 3.05) is 11.1 Å². The highest BCUT2D eigenvalue weighted by atomic mass is 32.2. The predicted octanol–water partition coefficient (Wildman–Crippen LogP) is 4.97. The molecule has 2 rings (SSSR count). The van der Waals surface area contributed by atoms with Crippen molar-refractivity contribution in [3.8, 4) is 0 Å². The zero-order valence-corrected chi connectivity index (χ0v) is 13.6. The molecule has 0 spiro atoms. The number of rotatable bonds is 5. The van der Waals surface area contributed by atoms with Crippen LogP contribution in [0.2, 0.25) is 0 Å². The summed E-state index contributed by atoms with van der Waals surface area (Å²) in [5, 5.41) is 2.41. The molecule has 0 heterocycles. The van der Waals surface area contributed by atoms with E-state index < -0.39 is 23.7 Å². The Balaban J connectivity index is 2.10. The summed E-state index contributed by atoms with van der Waals surface area (Å²) in [6.07, 6.45) is -4.26. The van der Waals surface area contributed by atoms with Crippen LogP contribution in [0.5, 0.6) is 0 Å². The van der Waals surface area contributed by atoms with Gasteiger partial charge in [0.1, 0.15) is 5.82 Å². The van der Waals surface area contributed by atoms with Gasteiger partial charge in [-0.2, -0.15) is 13.2 Å². The number of nitrogens with one attached hydrogen (secondary N) is 1. The van der Waals surface area contributed by atoms with Gasteiger partial charge in [0.2, 0.25) is 5.91 Å².